The molecule has 208 valence electrons. The smallest absolute Gasteiger partial charge is 0.308 e. The Bertz CT molecular complexity index is 876. The molecular formula is C33H52O4. The molecule has 0 aromatic heterocycles. The first-order chi connectivity index (χ1) is 17.8. The van der Waals surface area contributed by atoms with E-state index in [1.807, 2.05) is 0 Å². The minimum Gasteiger partial charge on any atom is -0.435 e. The van der Waals surface area contributed by atoms with Gasteiger partial charge in [-0.3, -0.25) is 4.79 Å². The van der Waals surface area contributed by atoms with Gasteiger partial charge in [0, 0.05) is 6.42 Å². The maximum atomic E-state index is 12.8. The largest absolute Gasteiger partial charge is 0.435 e. The Kier molecular flexibility index (Phi) is 8.01. The summed E-state index contributed by atoms with van der Waals surface area (Å²) in [5.74, 6) is 1.25. The fraction of sp³-hybridized carbons (Fsp3) is 0.848. The van der Waals surface area contributed by atoms with Crippen molar-refractivity contribution in [3.63, 3.8) is 0 Å². The molecular weight excluding hydrogens is 460 g/mol. The minimum atomic E-state index is -0.405. The number of hydrogen-bond donors (Lipinski definition) is 0. The lowest BCUT2D eigenvalue weighted by atomic mass is 9.64. The molecule has 2 aliphatic heterocycles. The number of unbranched alkanes of at least 4 members (excludes halogenated alkanes) is 8. The van der Waals surface area contributed by atoms with Crippen LogP contribution in [0.3, 0.4) is 0 Å². The summed E-state index contributed by atoms with van der Waals surface area (Å²) in [4.78, 5) is 12.8. The van der Waals surface area contributed by atoms with E-state index in [1.165, 1.54) is 57.8 Å². The van der Waals surface area contributed by atoms with Crippen molar-refractivity contribution in [3.8, 4) is 0 Å². The number of rotatable bonds is 15. The van der Waals surface area contributed by atoms with Gasteiger partial charge >= 0.3 is 5.97 Å². The van der Waals surface area contributed by atoms with Crippen LogP contribution >= 0.6 is 0 Å². The van der Waals surface area contributed by atoms with Crippen molar-refractivity contribution in [3.05, 3.63) is 24.3 Å². The van der Waals surface area contributed by atoms with Gasteiger partial charge in [0.25, 0.3) is 0 Å². The van der Waals surface area contributed by atoms with E-state index in [0.29, 0.717) is 36.4 Å². The topological polar surface area (TPSA) is 48.1 Å². The van der Waals surface area contributed by atoms with Crippen molar-refractivity contribution in [2.45, 2.75) is 142 Å². The number of ether oxygens (including phenoxy) is 3. The lowest BCUT2D eigenvalue weighted by Gasteiger charge is -2.37. The van der Waals surface area contributed by atoms with Crippen molar-refractivity contribution >= 4 is 5.97 Å². The van der Waals surface area contributed by atoms with Gasteiger partial charge in [0.05, 0.1) is 18.1 Å². The first kappa shape index (κ1) is 27.4. The first-order valence-electron chi connectivity index (χ1n) is 15.6. The van der Waals surface area contributed by atoms with Crippen molar-refractivity contribution in [1.29, 1.82) is 0 Å². The molecule has 2 heterocycles. The second-order valence-corrected chi connectivity index (χ2v) is 13.9. The maximum Gasteiger partial charge on any atom is 0.308 e. The maximum absolute atomic E-state index is 12.8. The van der Waals surface area contributed by atoms with Crippen LogP contribution in [0.2, 0.25) is 0 Å². The summed E-state index contributed by atoms with van der Waals surface area (Å²) in [6, 6.07) is 0. The quantitative estimate of drug-likeness (QED) is 0.0958. The molecule has 5 fully saturated rings. The Morgan fingerprint density at radius 2 is 1.62 bits per heavy atom. The number of hydrogen-bond acceptors (Lipinski definition) is 4. The number of fused-ring (bicyclic) bond motifs is 3. The van der Waals surface area contributed by atoms with Crippen molar-refractivity contribution in [2.24, 2.45) is 28.1 Å². The Balaban J connectivity index is 0.958. The van der Waals surface area contributed by atoms with Crippen LogP contribution in [0.15, 0.2) is 24.3 Å². The third kappa shape index (κ3) is 4.99. The molecule has 0 aromatic rings. The van der Waals surface area contributed by atoms with E-state index < -0.39 is 6.29 Å². The van der Waals surface area contributed by atoms with Crippen molar-refractivity contribution in [2.75, 3.05) is 6.61 Å². The number of esters is 1. The van der Waals surface area contributed by atoms with Crippen molar-refractivity contribution in [1.82, 2.24) is 0 Å². The summed E-state index contributed by atoms with van der Waals surface area (Å²) < 4.78 is 18.7. The van der Waals surface area contributed by atoms with Crippen LogP contribution in [0.25, 0.3) is 0 Å². The highest BCUT2D eigenvalue weighted by Crippen LogP contribution is 2.88. The van der Waals surface area contributed by atoms with Crippen LogP contribution < -0.4 is 0 Å². The SMILES string of the molecule is CCCCCC=CCC=CCCCCCCCC(=O)OC1OCC23OC2C2CC(C)(C)CC2C2(C)CC123. The molecule has 7 atom stereocenters. The van der Waals surface area contributed by atoms with E-state index in [1.54, 1.807) is 0 Å². The third-order valence-corrected chi connectivity index (χ3v) is 10.7. The van der Waals surface area contributed by atoms with Crippen LogP contribution in [0.4, 0.5) is 0 Å². The summed E-state index contributed by atoms with van der Waals surface area (Å²) in [5.41, 5.74) is 0.315. The van der Waals surface area contributed by atoms with Gasteiger partial charge in [-0.05, 0) is 80.5 Å². The molecule has 37 heavy (non-hydrogen) atoms. The van der Waals surface area contributed by atoms with Crippen LogP contribution in [-0.2, 0) is 19.0 Å². The van der Waals surface area contributed by atoms with Gasteiger partial charge in [-0.1, -0.05) is 84.1 Å². The molecule has 0 amide bonds. The van der Waals surface area contributed by atoms with E-state index in [-0.39, 0.29) is 22.4 Å². The highest BCUT2D eigenvalue weighted by Gasteiger charge is 2.95. The minimum absolute atomic E-state index is 0.0811. The second kappa shape index (κ2) is 10.8. The third-order valence-electron chi connectivity index (χ3n) is 10.7. The summed E-state index contributed by atoms with van der Waals surface area (Å²) in [6.45, 7) is 10.1. The highest BCUT2D eigenvalue weighted by atomic mass is 16.7. The van der Waals surface area contributed by atoms with E-state index in [2.05, 4.69) is 52.0 Å². The first-order valence-corrected chi connectivity index (χ1v) is 15.6. The average Bonchev–Trinajstić information content (AvgIpc) is 3.67. The molecule has 2 saturated heterocycles. The van der Waals surface area contributed by atoms with E-state index in [9.17, 15) is 4.79 Å². The lowest BCUT2D eigenvalue weighted by Crippen LogP contribution is -2.46. The Hall–Kier alpha value is -1.13. The highest BCUT2D eigenvalue weighted by molar-refractivity contribution is 5.69. The molecule has 2 spiro atoms. The fourth-order valence-electron chi connectivity index (χ4n) is 8.77. The van der Waals surface area contributed by atoms with Crippen molar-refractivity contribution < 1.29 is 19.0 Å². The summed E-state index contributed by atoms with van der Waals surface area (Å²) in [6.07, 6.45) is 26.3. The Morgan fingerprint density at radius 1 is 0.919 bits per heavy atom. The van der Waals surface area contributed by atoms with E-state index in [0.717, 1.165) is 32.1 Å². The lowest BCUT2D eigenvalue weighted by molar-refractivity contribution is -0.182. The van der Waals surface area contributed by atoms with Gasteiger partial charge in [-0.25, -0.2) is 0 Å². The van der Waals surface area contributed by atoms with Gasteiger partial charge in [-0.15, -0.1) is 0 Å². The van der Waals surface area contributed by atoms with Crippen LogP contribution in [0, 0.1) is 28.1 Å². The molecule has 0 bridgehead atoms. The molecule has 0 aromatic carbocycles. The number of epoxide rings is 1. The van der Waals surface area contributed by atoms with Gasteiger partial charge in [-0.2, -0.15) is 0 Å². The number of carbonyl (C=O) groups excluding carboxylic acids is 1. The van der Waals surface area contributed by atoms with Crippen LogP contribution in [0.5, 0.6) is 0 Å². The Labute approximate surface area is 226 Å². The van der Waals surface area contributed by atoms with E-state index >= 15 is 0 Å². The zero-order valence-electron chi connectivity index (χ0n) is 24.1. The second-order valence-electron chi connectivity index (χ2n) is 13.9. The van der Waals surface area contributed by atoms with Gasteiger partial charge in [0.15, 0.2) is 0 Å². The predicted molar refractivity (Wildman–Crippen MR) is 148 cm³/mol. The predicted octanol–water partition coefficient (Wildman–Crippen LogP) is 8.30. The molecule has 4 nitrogen and oxygen atoms in total. The molecule has 4 heteroatoms. The van der Waals surface area contributed by atoms with Gasteiger partial charge in [0.2, 0.25) is 6.29 Å². The molecule has 0 radical (unpaired) electrons. The number of carbonyl (C=O) groups is 1. The Morgan fingerprint density at radius 3 is 2.38 bits per heavy atom. The number of allylic oxidation sites excluding steroid dienone is 4. The zero-order valence-corrected chi connectivity index (χ0v) is 24.1. The van der Waals surface area contributed by atoms with Crippen LogP contribution in [0.1, 0.15) is 124 Å². The monoisotopic (exact) mass is 512 g/mol. The average molecular weight is 513 g/mol. The molecule has 0 N–H and O–H groups in total. The molecule has 5 aliphatic rings. The summed E-state index contributed by atoms with van der Waals surface area (Å²) in [5, 5.41) is 0. The summed E-state index contributed by atoms with van der Waals surface area (Å²) in [7, 11) is 0. The van der Waals surface area contributed by atoms with E-state index in [4.69, 9.17) is 14.2 Å². The standard InChI is InChI=1S/C33H52O4/c1-5-6-7-8-9-10-11-12-13-14-15-16-17-18-19-20-27(34)36-29-32-23-31(32,4)26-22-30(2,3)21-25(26)28-33(32,37-28)24-35-29/h9-10,12-13,25-26,28-29H,5-8,11,14-24H2,1-4H3. The van der Waals surface area contributed by atoms with Gasteiger partial charge in [0.1, 0.15) is 5.60 Å². The zero-order chi connectivity index (χ0) is 26.2. The normalized spacial score (nSPS) is 40.4. The molecule has 3 aliphatic carbocycles. The molecule has 3 saturated carbocycles. The van der Waals surface area contributed by atoms with Gasteiger partial charge < -0.3 is 14.2 Å². The summed E-state index contributed by atoms with van der Waals surface area (Å²) >= 11 is 0. The van der Waals surface area contributed by atoms with Crippen LogP contribution in [-0.4, -0.2) is 30.6 Å². The molecule has 7 unspecified atom stereocenters. The molecule has 5 rings (SSSR count). The fourth-order valence-corrected chi connectivity index (χ4v) is 8.77.